The Morgan fingerprint density at radius 3 is 2.23 bits per heavy atom. The Bertz CT molecular complexity index is 911. The largest absolute Gasteiger partial charge is 0.496 e. The van der Waals surface area contributed by atoms with Gasteiger partial charge in [0.2, 0.25) is 10.0 Å². The molecular weight excluding hydrogens is 362 g/mol. The Balaban J connectivity index is 1.74. The van der Waals surface area contributed by atoms with Gasteiger partial charge in [0, 0.05) is 37.9 Å². The number of nitrogens with zero attached hydrogens (tertiary/aromatic N) is 2. The van der Waals surface area contributed by atoms with Gasteiger partial charge in [-0.15, -0.1) is 0 Å². The standard InChI is InChI=1S/C18H20F2N2O3S/c1-13-11-15(4-6-18(13)25-2)26(23,24)22-9-7-21(8-10-22)14-3-5-16(19)17(20)12-14/h3-6,11-12H,7-10H2,1-2H3. The van der Waals surface area contributed by atoms with E-state index in [9.17, 15) is 17.2 Å². The zero-order valence-corrected chi connectivity index (χ0v) is 15.4. The number of halogens is 2. The number of aryl methyl sites for hydroxylation is 1. The molecule has 1 saturated heterocycles. The highest BCUT2D eigenvalue weighted by Crippen LogP contribution is 2.26. The van der Waals surface area contributed by atoms with Crippen LogP contribution in [-0.2, 0) is 10.0 Å². The Morgan fingerprint density at radius 2 is 1.65 bits per heavy atom. The average Bonchev–Trinajstić information content (AvgIpc) is 2.64. The second-order valence-electron chi connectivity index (χ2n) is 6.12. The van der Waals surface area contributed by atoms with Gasteiger partial charge in [-0.25, -0.2) is 17.2 Å². The van der Waals surface area contributed by atoms with Crippen LogP contribution in [0.1, 0.15) is 5.56 Å². The van der Waals surface area contributed by atoms with E-state index in [0.29, 0.717) is 24.5 Å². The molecule has 140 valence electrons. The lowest BCUT2D eigenvalue weighted by Gasteiger charge is -2.35. The van der Waals surface area contributed by atoms with Crippen LogP contribution in [0.4, 0.5) is 14.5 Å². The number of sulfonamides is 1. The number of benzene rings is 2. The van der Waals surface area contributed by atoms with Gasteiger partial charge in [0.1, 0.15) is 5.75 Å². The fraction of sp³-hybridized carbons (Fsp3) is 0.333. The van der Waals surface area contributed by atoms with Crippen molar-refractivity contribution < 1.29 is 21.9 Å². The molecule has 0 aromatic heterocycles. The molecule has 0 aliphatic carbocycles. The molecule has 1 aliphatic heterocycles. The maximum atomic E-state index is 13.4. The predicted molar refractivity (Wildman–Crippen MR) is 95.1 cm³/mol. The number of hydrogen-bond donors (Lipinski definition) is 0. The molecule has 0 unspecified atom stereocenters. The van der Waals surface area contributed by atoms with Crippen LogP contribution in [-0.4, -0.2) is 46.0 Å². The third kappa shape index (κ3) is 3.52. The quantitative estimate of drug-likeness (QED) is 0.816. The van der Waals surface area contributed by atoms with Crippen LogP contribution in [0.3, 0.4) is 0 Å². The summed E-state index contributed by atoms with van der Waals surface area (Å²) in [5.41, 5.74) is 1.29. The number of anilines is 1. The molecule has 26 heavy (non-hydrogen) atoms. The minimum atomic E-state index is -3.61. The summed E-state index contributed by atoms with van der Waals surface area (Å²) in [6.07, 6.45) is 0. The van der Waals surface area contributed by atoms with Crippen LogP contribution >= 0.6 is 0 Å². The van der Waals surface area contributed by atoms with Crippen LogP contribution in [0, 0.1) is 18.6 Å². The van der Waals surface area contributed by atoms with Crippen molar-refractivity contribution in [2.75, 3.05) is 38.2 Å². The first-order chi connectivity index (χ1) is 12.3. The zero-order chi connectivity index (χ0) is 18.9. The van der Waals surface area contributed by atoms with Crippen molar-refractivity contribution in [3.8, 4) is 5.75 Å². The van der Waals surface area contributed by atoms with Crippen LogP contribution in [0.5, 0.6) is 5.75 Å². The van der Waals surface area contributed by atoms with Crippen molar-refractivity contribution in [1.82, 2.24) is 4.31 Å². The van der Waals surface area contributed by atoms with E-state index in [1.54, 1.807) is 19.1 Å². The third-order valence-electron chi connectivity index (χ3n) is 4.51. The third-order valence-corrected chi connectivity index (χ3v) is 6.41. The highest BCUT2D eigenvalue weighted by Gasteiger charge is 2.29. The van der Waals surface area contributed by atoms with Crippen molar-refractivity contribution in [2.45, 2.75) is 11.8 Å². The molecule has 3 rings (SSSR count). The minimum Gasteiger partial charge on any atom is -0.496 e. The minimum absolute atomic E-state index is 0.220. The Kier molecular flexibility index (Phi) is 5.15. The monoisotopic (exact) mass is 382 g/mol. The fourth-order valence-electron chi connectivity index (χ4n) is 3.03. The summed E-state index contributed by atoms with van der Waals surface area (Å²) in [6, 6.07) is 8.47. The number of piperazine rings is 1. The molecular formula is C18H20F2N2O3S. The summed E-state index contributed by atoms with van der Waals surface area (Å²) >= 11 is 0. The van der Waals surface area contributed by atoms with E-state index in [4.69, 9.17) is 4.74 Å². The van der Waals surface area contributed by atoms with E-state index in [-0.39, 0.29) is 18.0 Å². The van der Waals surface area contributed by atoms with Gasteiger partial charge in [-0.05, 0) is 42.8 Å². The summed E-state index contributed by atoms with van der Waals surface area (Å²) in [7, 11) is -2.08. The summed E-state index contributed by atoms with van der Waals surface area (Å²) in [4.78, 5) is 2.06. The molecule has 5 nitrogen and oxygen atoms in total. The van der Waals surface area contributed by atoms with Crippen molar-refractivity contribution in [3.63, 3.8) is 0 Å². The molecule has 0 radical (unpaired) electrons. The summed E-state index contributed by atoms with van der Waals surface area (Å²) < 4.78 is 58.7. The van der Waals surface area contributed by atoms with Crippen LogP contribution in [0.15, 0.2) is 41.3 Å². The van der Waals surface area contributed by atoms with Gasteiger partial charge < -0.3 is 9.64 Å². The van der Waals surface area contributed by atoms with Crippen LogP contribution < -0.4 is 9.64 Å². The average molecular weight is 382 g/mol. The van der Waals surface area contributed by atoms with Gasteiger partial charge in [-0.3, -0.25) is 0 Å². The number of rotatable bonds is 4. The van der Waals surface area contributed by atoms with Crippen molar-refractivity contribution in [3.05, 3.63) is 53.6 Å². The second kappa shape index (κ2) is 7.20. The number of ether oxygens (including phenoxy) is 1. The molecule has 0 amide bonds. The number of hydrogen-bond acceptors (Lipinski definition) is 4. The van der Waals surface area contributed by atoms with Crippen molar-refractivity contribution in [2.24, 2.45) is 0 Å². The van der Waals surface area contributed by atoms with Gasteiger partial charge in [-0.1, -0.05) is 0 Å². The molecule has 1 fully saturated rings. The van der Waals surface area contributed by atoms with Gasteiger partial charge in [-0.2, -0.15) is 4.31 Å². The van der Waals surface area contributed by atoms with Gasteiger partial charge >= 0.3 is 0 Å². The van der Waals surface area contributed by atoms with Crippen LogP contribution in [0.25, 0.3) is 0 Å². The summed E-state index contributed by atoms with van der Waals surface area (Å²) in [6.45, 7) is 3.14. The smallest absolute Gasteiger partial charge is 0.243 e. The lowest BCUT2D eigenvalue weighted by atomic mass is 10.2. The maximum absolute atomic E-state index is 13.4. The highest BCUT2D eigenvalue weighted by molar-refractivity contribution is 7.89. The SMILES string of the molecule is COc1ccc(S(=O)(=O)N2CCN(c3ccc(F)c(F)c3)CC2)cc1C. The Morgan fingerprint density at radius 1 is 0.962 bits per heavy atom. The summed E-state index contributed by atoms with van der Waals surface area (Å²) in [5.74, 6) is -1.18. The Labute approximate surface area is 151 Å². The maximum Gasteiger partial charge on any atom is 0.243 e. The lowest BCUT2D eigenvalue weighted by molar-refractivity contribution is 0.384. The Hall–Kier alpha value is -2.19. The first-order valence-electron chi connectivity index (χ1n) is 8.17. The predicted octanol–water partition coefficient (Wildman–Crippen LogP) is 2.79. The molecule has 1 heterocycles. The van der Waals surface area contributed by atoms with Crippen molar-refractivity contribution in [1.29, 1.82) is 0 Å². The first-order valence-corrected chi connectivity index (χ1v) is 9.62. The van der Waals surface area contributed by atoms with Gasteiger partial charge in [0.25, 0.3) is 0 Å². The zero-order valence-electron chi connectivity index (χ0n) is 14.6. The normalized spacial score (nSPS) is 15.9. The van der Waals surface area contributed by atoms with E-state index in [1.165, 1.54) is 23.5 Å². The summed E-state index contributed by atoms with van der Waals surface area (Å²) in [5, 5.41) is 0. The highest BCUT2D eigenvalue weighted by atomic mass is 32.2. The fourth-order valence-corrected chi connectivity index (χ4v) is 4.54. The van der Waals surface area contributed by atoms with E-state index >= 15 is 0 Å². The van der Waals surface area contributed by atoms with Gasteiger partial charge in [0.15, 0.2) is 11.6 Å². The van der Waals surface area contributed by atoms with E-state index in [1.807, 2.05) is 4.90 Å². The van der Waals surface area contributed by atoms with E-state index in [2.05, 4.69) is 0 Å². The number of methoxy groups -OCH3 is 1. The molecule has 8 heteroatoms. The topological polar surface area (TPSA) is 49.9 Å². The van der Waals surface area contributed by atoms with Crippen LogP contribution in [0.2, 0.25) is 0 Å². The lowest BCUT2D eigenvalue weighted by Crippen LogP contribution is -2.48. The van der Waals surface area contributed by atoms with E-state index < -0.39 is 21.7 Å². The van der Waals surface area contributed by atoms with Crippen molar-refractivity contribution >= 4 is 15.7 Å². The molecule has 1 aliphatic rings. The van der Waals surface area contributed by atoms with Gasteiger partial charge in [0.05, 0.1) is 12.0 Å². The molecule has 0 atom stereocenters. The second-order valence-corrected chi connectivity index (χ2v) is 8.06. The van der Waals surface area contributed by atoms with E-state index in [0.717, 1.165) is 17.7 Å². The first kappa shape index (κ1) is 18.6. The molecule has 2 aromatic carbocycles. The molecule has 2 aromatic rings. The molecule has 0 saturated carbocycles. The molecule has 0 bridgehead atoms. The molecule has 0 spiro atoms. The molecule has 0 N–H and O–H groups in total.